The van der Waals surface area contributed by atoms with E-state index in [4.69, 9.17) is 0 Å². The van der Waals surface area contributed by atoms with Gasteiger partial charge >= 0.3 is 0 Å². The Morgan fingerprint density at radius 3 is 3.00 bits per heavy atom. The molecule has 0 radical (unpaired) electrons. The van der Waals surface area contributed by atoms with Crippen LogP contribution in [0.2, 0.25) is 0 Å². The summed E-state index contributed by atoms with van der Waals surface area (Å²) < 4.78 is 0. The van der Waals surface area contributed by atoms with Crippen LogP contribution in [-0.2, 0) is 0 Å². The standard InChI is InChI=1S/C3H6P2/c1-2-5-3-4-1/h1,5H,2-3H2. The number of rotatable bonds is 0. The van der Waals surface area contributed by atoms with Gasteiger partial charge in [-0.1, -0.05) is 5.80 Å². The summed E-state index contributed by atoms with van der Waals surface area (Å²) in [5.41, 5.74) is 0. The largest absolute Gasteiger partial charge is 0.109 e. The van der Waals surface area contributed by atoms with Crippen molar-refractivity contribution in [2.24, 2.45) is 0 Å². The van der Waals surface area contributed by atoms with E-state index < -0.39 is 0 Å². The highest BCUT2D eigenvalue weighted by atomic mass is 31.1. The van der Waals surface area contributed by atoms with Crippen LogP contribution in [0, 0.1) is 0 Å². The quantitative estimate of drug-likeness (QED) is 0.407. The zero-order chi connectivity index (χ0) is 3.54. The minimum absolute atomic E-state index is 1.24. The van der Waals surface area contributed by atoms with Crippen molar-refractivity contribution in [3.8, 4) is 0 Å². The molecular formula is C3H6P2. The monoisotopic (exact) mass is 104 g/mol. The van der Waals surface area contributed by atoms with E-state index >= 15 is 0 Å². The molecule has 0 aromatic heterocycles. The highest BCUT2D eigenvalue weighted by Gasteiger charge is 1.85. The van der Waals surface area contributed by atoms with Gasteiger partial charge in [-0.3, -0.25) is 0 Å². The minimum atomic E-state index is 1.24. The topological polar surface area (TPSA) is 0 Å². The Labute approximate surface area is 35.6 Å². The van der Waals surface area contributed by atoms with Crippen molar-refractivity contribution in [2.75, 3.05) is 12.1 Å². The van der Waals surface area contributed by atoms with Gasteiger partial charge in [0, 0.05) is 5.90 Å². The summed E-state index contributed by atoms with van der Waals surface area (Å²) in [5, 5.41) is 0. The molecule has 1 heterocycles. The van der Waals surface area contributed by atoms with Gasteiger partial charge in [0.2, 0.25) is 0 Å². The Bertz CT molecular complexity index is 42.9. The van der Waals surface area contributed by atoms with Crippen molar-refractivity contribution in [1.82, 2.24) is 0 Å². The highest BCUT2D eigenvalue weighted by Crippen LogP contribution is 2.21. The highest BCUT2D eigenvalue weighted by molar-refractivity contribution is 7.61. The van der Waals surface area contributed by atoms with Crippen molar-refractivity contribution >= 4 is 22.6 Å². The van der Waals surface area contributed by atoms with Crippen LogP contribution < -0.4 is 0 Å². The SMILES string of the molecule is C1=PCPC1. The van der Waals surface area contributed by atoms with Crippen LogP contribution >= 0.6 is 16.8 Å². The van der Waals surface area contributed by atoms with E-state index in [0.717, 1.165) is 0 Å². The molecule has 0 aliphatic carbocycles. The predicted octanol–water partition coefficient (Wildman–Crippen LogP) is 1.38. The summed E-state index contributed by atoms with van der Waals surface area (Å²) in [6.07, 6.45) is 1.39. The molecule has 0 spiro atoms. The maximum atomic E-state index is 2.35. The van der Waals surface area contributed by atoms with E-state index in [1.54, 1.807) is 8.20 Å². The van der Waals surface area contributed by atoms with E-state index in [1.165, 1.54) is 20.6 Å². The lowest BCUT2D eigenvalue weighted by molar-refractivity contribution is 2.09. The van der Waals surface area contributed by atoms with Gasteiger partial charge in [-0.25, -0.2) is 0 Å². The molecule has 28 valence electrons. The normalized spacial score (nSPS) is 28.8. The third kappa shape index (κ3) is 0.992. The first-order valence-electron chi connectivity index (χ1n) is 1.69. The molecule has 1 rings (SSSR count). The maximum absolute atomic E-state index is 2.35. The lowest BCUT2D eigenvalue weighted by Crippen LogP contribution is -1.57. The van der Waals surface area contributed by atoms with Crippen LogP contribution in [0.25, 0.3) is 0 Å². The molecule has 0 N–H and O–H groups in total. The van der Waals surface area contributed by atoms with Gasteiger partial charge in [0.25, 0.3) is 0 Å². The van der Waals surface area contributed by atoms with E-state index in [-0.39, 0.29) is 0 Å². The van der Waals surface area contributed by atoms with Crippen molar-refractivity contribution in [3.63, 3.8) is 0 Å². The Morgan fingerprint density at radius 1 is 1.80 bits per heavy atom. The molecule has 0 fully saturated rings. The summed E-state index contributed by atoms with van der Waals surface area (Å²) >= 11 is 0. The predicted molar refractivity (Wildman–Crippen MR) is 31.0 cm³/mol. The minimum Gasteiger partial charge on any atom is -0.109 e. The molecule has 1 unspecified atom stereocenters. The van der Waals surface area contributed by atoms with E-state index in [2.05, 4.69) is 5.80 Å². The fourth-order valence-electron chi connectivity index (χ4n) is 0.323. The van der Waals surface area contributed by atoms with E-state index in [9.17, 15) is 0 Å². The zero-order valence-corrected chi connectivity index (χ0v) is 4.83. The Balaban J connectivity index is 2.32. The fourth-order valence-corrected chi connectivity index (χ4v) is 2.90. The third-order valence-electron chi connectivity index (χ3n) is 0.568. The number of hydrogen-bond acceptors (Lipinski definition) is 0. The van der Waals surface area contributed by atoms with Gasteiger partial charge in [-0.2, -0.15) is 0 Å². The Hall–Kier alpha value is 0.600. The van der Waals surface area contributed by atoms with Crippen LogP contribution in [0.1, 0.15) is 0 Å². The average molecular weight is 104 g/mol. The van der Waals surface area contributed by atoms with Crippen LogP contribution in [0.5, 0.6) is 0 Å². The summed E-state index contributed by atoms with van der Waals surface area (Å²) in [6, 6.07) is 0. The number of hydrogen-bond donors (Lipinski definition) is 0. The molecule has 2 heteroatoms. The van der Waals surface area contributed by atoms with Crippen LogP contribution in [-0.4, -0.2) is 17.9 Å². The maximum Gasteiger partial charge on any atom is 0.00699 e. The second-order valence-corrected chi connectivity index (χ2v) is 3.88. The molecule has 0 nitrogen and oxygen atoms in total. The molecule has 0 saturated carbocycles. The molecule has 0 amide bonds. The van der Waals surface area contributed by atoms with Crippen LogP contribution in [0.4, 0.5) is 0 Å². The van der Waals surface area contributed by atoms with Crippen molar-refractivity contribution in [2.45, 2.75) is 0 Å². The Morgan fingerprint density at radius 2 is 2.80 bits per heavy atom. The first-order valence-corrected chi connectivity index (χ1v) is 4.25. The smallest absolute Gasteiger partial charge is 0.00699 e. The molecule has 1 atom stereocenters. The third-order valence-corrected chi connectivity index (χ3v) is 3.47. The first kappa shape index (κ1) is 3.78. The molecule has 1 aliphatic rings. The van der Waals surface area contributed by atoms with Gasteiger partial charge in [0.1, 0.15) is 0 Å². The van der Waals surface area contributed by atoms with Gasteiger partial charge < -0.3 is 0 Å². The van der Waals surface area contributed by atoms with Crippen LogP contribution in [0.15, 0.2) is 0 Å². The van der Waals surface area contributed by atoms with Crippen molar-refractivity contribution in [3.05, 3.63) is 0 Å². The molecule has 1 aliphatic heterocycles. The van der Waals surface area contributed by atoms with Gasteiger partial charge in [0.05, 0.1) is 0 Å². The molecule has 0 aromatic carbocycles. The second-order valence-electron chi connectivity index (χ2n) is 0.977. The Kier molecular flexibility index (Phi) is 1.44. The van der Waals surface area contributed by atoms with Gasteiger partial charge in [-0.15, -0.1) is 16.8 Å². The molecule has 5 heavy (non-hydrogen) atoms. The van der Waals surface area contributed by atoms with Crippen molar-refractivity contribution < 1.29 is 0 Å². The second kappa shape index (κ2) is 1.90. The molecule has 0 aromatic rings. The fraction of sp³-hybridized carbons (Fsp3) is 0.667. The lowest BCUT2D eigenvalue weighted by atomic mass is 11.0. The first-order chi connectivity index (χ1) is 2.50. The molecular weight excluding hydrogens is 98.0 g/mol. The zero-order valence-electron chi connectivity index (χ0n) is 2.94. The van der Waals surface area contributed by atoms with E-state index in [1.807, 2.05) is 0 Å². The molecule has 0 bridgehead atoms. The van der Waals surface area contributed by atoms with E-state index in [0.29, 0.717) is 0 Å². The van der Waals surface area contributed by atoms with Gasteiger partial charge in [-0.05, 0) is 6.16 Å². The average Bonchev–Trinajstić information content (AvgIpc) is 1.76. The summed E-state index contributed by atoms with van der Waals surface area (Å²) in [5.74, 6) is 3.79. The summed E-state index contributed by atoms with van der Waals surface area (Å²) in [4.78, 5) is 0. The summed E-state index contributed by atoms with van der Waals surface area (Å²) in [7, 11) is 2.82. The lowest BCUT2D eigenvalue weighted by Gasteiger charge is -1.69. The molecule has 0 saturated heterocycles. The summed E-state index contributed by atoms with van der Waals surface area (Å²) in [6.45, 7) is 0. The van der Waals surface area contributed by atoms with Crippen molar-refractivity contribution in [1.29, 1.82) is 0 Å². The van der Waals surface area contributed by atoms with Gasteiger partial charge in [0.15, 0.2) is 0 Å². The van der Waals surface area contributed by atoms with Crippen LogP contribution in [0.3, 0.4) is 0 Å².